The van der Waals surface area contributed by atoms with Crippen molar-refractivity contribution in [2.24, 2.45) is 5.73 Å². The molecule has 0 atom stereocenters. The molecular formula is C16H17NOS. The first-order valence-electron chi connectivity index (χ1n) is 6.15. The molecule has 0 amide bonds. The second-order valence-corrected chi connectivity index (χ2v) is 5.36. The second kappa shape index (κ2) is 6.42. The Morgan fingerprint density at radius 1 is 1.26 bits per heavy atom. The van der Waals surface area contributed by atoms with Gasteiger partial charge >= 0.3 is 0 Å². The highest BCUT2D eigenvalue weighted by molar-refractivity contribution is 7.10. The number of benzene rings is 1. The number of hydrogen-bond donors (Lipinski definition) is 1. The molecule has 0 saturated carbocycles. The molecule has 2 N–H and O–H groups in total. The molecule has 0 aliphatic carbocycles. The normalized spacial score (nSPS) is 9.84. The van der Waals surface area contributed by atoms with E-state index >= 15 is 0 Å². The van der Waals surface area contributed by atoms with Crippen LogP contribution in [0.15, 0.2) is 29.6 Å². The molecule has 0 bridgehead atoms. The molecule has 0 spiro atoms. The van der Waals surface area contributed by atoms with Crippen LogP contribution >= 0.6 is 11.3 Å². The summed E-state index contributed by atoms with van der Waals surface area (Å²) in [5.74, 6) is 6.82. The summed E-state index contributed by atoms with van der Waals surface area (Å²) in [6.07, 6.45) is 0. The van der Waals surface area contributed by atoms with Crippen molar-refractivity contribution in [3.63, 3.8) is 0 Å². The zero-order valence-corrected chi connectivity index (χ0v) is 12.0. The zero-order valence-electron chi connectivity index (χ0n) is 11.2. The number of nitrogens with two attached hydrogens (primary N) is 1. The van der Waals surface area contributed by atoms with Gasteiger partial charge in [0.05, 0.1) is 6.54 Å². The van der Waals surface area contributed by atoms with E-state index in [9.17, 15) is 0 Å². The summed E-state index contributed by atoms with van der Waals surface area (Å²) in [4.78, 5) is 1.17. The fourth-order valence-corrected chi connectivity index (χ4v) is 2.41. The van der Waals surface area contributed by atoms with Crippen LogP contribution in [0.2, 0.25) is 0 Å². The predicted molar refractivity (Wildman–Crippen MR) is 80.5 cm³/mol. The fourth-order valence-electron chi connectivity index (χ4n) is 1.69. The van der Waals surface area contributed by atoms with Gasteiger partial charge in [-0.15, -0.1) is 11.3 Å². The first-order valence-corrected chi connectivity index (χ1v) is 7.03. The van der Waals surface area contributed by atoms with E-state index in [1.807, 2.05) is 5.38 Å². The van der Waals surface area contributed by atoms with E-state index < -0.39 is 0 Å². The van der Waals surface area contributed by atoms with Crippen LogP contribution < -0.4 is 10.5 Å². The highest BCUT2D eigenvalue weighted by atomic mass is 32.1. The second-order valence-electron chi connectivity index (χ2n) is 4.37. The van der Waals surface area contributed by atoms with Crippen molar-refractivity contribution in [3.8, 4) is 17.6 Å². The Hall–Kier alpha value is -1.76. The zero-order chi connectivity index (χ0) is 13.7. The number of thiophene rings is 1. The molecule has 0 aliphatic rings. The quantitative estimate of drug-likeness (QED) is 0.870. The molecule has 1 heterocycles. The molecule has 2 aromatic rings. The van der Waals surface area contributed by atoms with Gasteiger partial charge in [0.2, 0.25) is 0 Å². The minimum absolute atomic E-state index is 0.393. The van der Waals surface area contributed by atoms with E-state index in [4.69, 9.17) is 10.5 Å². The lowest BCUT2D eigenvalue weighted by Crippen LogP contribution is -1.95. The summed E-state index contributed by atoms with van der Waals surface area (Å²) in [7, 11) is 0. The molecule has 2 nitrogen and oxygen atoms in total. The Labute approximate surface area is 118 Å². The Balaban J connectivity index is 2.02. The Kier molecular flexibility index (Phi) is 4.62. The van der Waals surface area contributed by atoms with Gasteiger partial charge in [-0.2, -0.15) is 0 Å². The molecule has 2 rings (SSSR count). The van der Waals surface area contributed by atoms with E-state index in [-0.39, 0.29) is 0 Å². The van der Waals surface area contributed by atoms with E-state index in [1.54, 1.807) is 11.3 Å². The van der Waals surface area contributed by atoms with Gasteiger partial charge in [0, 0.05) is 15.8 Å². The van der Waals surface area contributed by atoms with Crippen LogP contribution in [-0.2, 0) is 6.61 Å². The maximum absolute atomic E-state index is 5.86. The van der Waals surface area contributed by atoms with Gasteiger partial charge in [0.25, 0.3) is 0 Å². The summed E-state index contributed by atoms with van der Waals surface area (Å²) in [6, 6.07) is 8.29. The minimum Gasteiger partial charge on any atom is -0.488 e. The van der Waals surface area contributed by atoms with E-state index in [1.165, 1.54) is 10.4 Å². The van der Waals surface area contributed by atoms with Gasteiger partial charge in [-0.25, -0.2) is 0 Å². The lowest BCUT2D eigenvalue weighted by atomic mass is 10.1. The smallest absolute Gasteiger partial charge is 0.123 e. The Morgan fingerprint density at radius 2 is 2.11 bits per heavy atom. The summed E-state index contributed by atoms with van der Waals surface area (Å²) >= 11 is 1.66. The molecule has 98 valence electrons. The highest BCUT2D eigenvalue weighted by Gasteiger charge is 2.02. The van der Waals surface area contributed by atoms with Crippen molar-refractivity contribution >= 4 is 11.3 Å². The number of hydrogen-bond acceptors (Lipinski definition) is 3. The maximum Gasteiger partial charge on any atom is 0.123 e. The van der Waals surface area contributed by atoms with Crippen molar-refractivity contribution in [2.75, 3.05) is 6.54 Å². The third-order valence-corrected chi connectivity index (χ3v) is 3.61. The highest BCUT2D eigenvalue weighted by Crippen LogP contribution is 2.22. The average molecular weight is 271 g/mol. The summed E-state index contributed by atoms with van der Waals surface area (Å²) in [5.41, 5.74) is 8.73. The topological polar surface area (TPSA) is 35.2 Å². The summed E-state index contributed by atoms with van der Waals surface area (Å²) in [6.45, 7) is 5.10. The minimum atomic E-state index is 0.393. The molecule has 0 unspecified atom stereocenters. The van der Waals surface area contributed by atoms with Crippen molar-refractivity contribution in [2.45, 2.75) is 20.5 Å². The van der Waals surface area contributed by atoms with Crippen molar-refractivity contribution in [1.82, 2.24) is 0 Å². The van der Waals surface area contributed by atoms with E-state index in [0.29, 0.717) is 13.2 Å². The van der Waals surface area contributed by atoms with Crippen molar-refractivity contribution in [1.29, 1.82) is 0 Å². The Morgan fingerprint density at radius 3 is 2.89 bits per heavy atom. The van der Waals surface area contributed by atoms with Gasteiger partial charge in [0.15, 0.2) is 0 Å². The van der Waals surface area contributed by atoms with Gasteiger partial charge < -0.3 is 10.5 Å². The van der Waals surface area contributed by atoms with Crippen molar-refractivity contribution < 1.29 is 4.74 Å². The first kappa shape index (κ1) is 13.7. The standard InChI is InChI=1S/C16H17NOS/c1-12-5-6-13(2)16(8-12)18-10-15-9-14(11-19-15)4-3-7-17/h5-6,8-9,11H,7,10,17H2,1-2H3. The van der Waals surface area contributed by atoms with E-state index in [2.05, 4.69) is 50.0 Å². The SMILES string of the molecule is Cc1ccc(C)c(OCc2cc(C#CCN)cs2)c1. The molecule has 0 fully saturated rings. The van der Waals surface area contributed by atoms with Crippen LogP contribution in [0.25, 0.3) is 0 Å². The lowest BCUT2D eigenvalue weighted by Gasteiger charge is -2.08. The summed E-state index contributed by atoms with van der Waals surface area (Å²) in [5, 5.41) is 2.03. The van der Waals surface area contributed by atoms with Gasteiger partial charge in [0.1, 0.15) is 12.4 Å². The lowest BCUT2D eigenvalue weighted by molar-refractivity contribution is 0.307. The average Bonchev–Trinajstić information content (AvgIpc) is 2.85. The third-order valence-electron chi connectivity index (χ3n) is 2.70. The third kappa shape index (κ3) is 3.85. The van der Waals surface area contributed by atoms with Gasteiger partial charge in [-0.3, -0.25) is 0 Å². The monoisotopic (exact) mass is 271 g/mol. The van der Waals surface area contributed by atoms with Crippen LogP contribution in [0.1, 0.15) is 21.6 Å². The predicted octanol–water partition coefficient (Wildman–Crippen LogP) is 3.25. The molecule has 0 radical (unpaired) electrons. The Bertz CT molecular complexity index is 619. The number of ether oxygens (including phenoxy) is 1. The molecule has 0 aliphatic heterocycles. The number of aryl methyl sites for hydroxylation is 2. The molecule has 19 heavy (non-hydrogen) atoms. The van der Waals surface area contributed by atoms with E-state index in [0.717, 1.165) is 16.9 Å². The van der Waals surface area contributed by atoms with Crippen LogP contribution in [0.4, 0.5) is 0 Å². The largest absolute Gasteiger partial charge is 0.488 e. The van der Waals surface area contributed by atoms with Crippen LogP contribution in [0.5, 0.6) is 5.75 Å². The first-order chi connectivity index (χ1) is 9.19. The molecule has 1 aromatic heterocycles. The number of rotatable bonds is 3. The van der Waals surface area contributed by atoms with Crippen LogP contribution in [0, 0.1) is 25.7 Å². The van der Waals surface area contributed by atoms with Crippen LogP contribution in [0.3, 0.4) is 0 Å². The molecular weight excluding hydrogens is 254 g/mol. The molecule has 1 aromatic carbocycles. The fraction of sp³-hybridized carbons (Fsp3) is 0.250. The maximum atomic E-state index is 5.86. The molecule has 0 saturated heterocycles. The summed E-state index contributed by atoms with van der Waals surface area (Å²) < 4.78 is 5.86. The van der Waals surface area contributed by atoms with Gasteiger partial charge in [-0.05, 0) is 37.1 Å². The van der Waals surface area contributed by atoms with Crippen LogP contribution in [-0.4, -0.2) is 6.54 Å². The molecule has 3 heteroatoms. The van der Waals surface area contributed by atoms with Crippen molar-refractivity contribution in [3.05, 3.63) is 51.2 Å². The van der Waals surface area contributed by atoms with Gasteiger partial charge in [-0.1, -0.05) is 24.0 Å².